The number of benzene rings is 1. The topological polar surface area (TPSA) is 46.4 Å². The van der Waals surface area contributed by atoms with Crippen molar-refractivity contribution in [2.75, 3.05) is 5.32 Å². The second-order valence-corrected chi connectivity index (χ2v) is 4.65. The number of aryl methyl sites for hydroxylation is 1. The number of nitrogens with zero attached hydrogens (tertiary/aromatic N) is 2. The lowest BCUT2D eigenvalue weighted by atomic mass is 10.2. The van der Waals surface area contributed by atoms with Gasteiger partial charge in [-0.2, -0.15) is 0 Å². The summed E-state index contributed by atoms with van der Waals surface area (Å²) in [7, 11) is 0. The van der Waals surface area contributed by atoms with Crippen molar-refractivity contribution in [2.24, 2.45) is 0 Å². The van der Waals surface area contributed by atoms with E-state index >= 15 is 0 Å². The van der Waals surface area contributed by atoms with Crippen molar-refractivity contribution in [2.45, 2.75) is 13.3 Å². The number of hydrogen-bond acceptors (Lipinski definition) is 2. The number of hydrogen-bond donors (Lipinski definition) is 1. The Morgan fingerprint density at radius 1 is 1.29 bits per heavy atom. The van der Waals surface area contributed by atoms with E-state index in [9.17, 15) is 9.18 Å². The van der Waals surface area contributed by atoms with Gasteiger partial charge in [0.15, 0.2) is 0 Å². The Hall–Kier alpha value is -2.69. The standard InChI is InChI=1S/C16H14FN3O/c1-2-13-15(20-9-4-3-8-14(20)19-13)16(21)18-12-7-5-6-11(17)10-12/h3-10H,2H2,1H3,(H,18,21). The summed E-state index contributed by atoms with van der Waals surface area (Å²) in [4.78, 5) is 16.9. The van der Waals surface area contributed by atoms with Gasteiger partial charge in [-0.05, 0) is 36.8 Å². The molecular formula is C16H14FN3O. The van der Waals surface area contributed by atoms with Crippen molar-refractivity contribution >= 4 is 17.2 Å². The zero-order valence-corrected chi connectivity index (χ0v) is 11.5. The minimum absolute atomic E-state index is 0.295. The third kappa shape index (κ3) is 2.50. The summed E-state index contributed by atoms with van der Waals surface area (Å²) in [5.74, 6) is -0.683. The van der Waals surface area contributed by atoms with E-state index in [0.717, 1.165) is 11.3 Å². The molecule has 5 heteroatoms. The van der Waals surface area contributed by atoms with Gasteiger partial charge in [-0.1, -0.05) is 19.1 Å². The molecule has 1 aromatic carbocycles. The molecule has 0 saturated carbocycles. The summed E-state index contributed by atoms with van der Waals surface area (Å²) in [6, 6.07) is 11.4. The van der Waals surface area contributed by atoms with Gasteiger partial charge in [0.05, 0.1) is 5.69 Å². The van der Waals surface area contributed by atoms with Gasteiger partial charge in [-0.3, -0.25) is 9.20 Å². The summed E-state index contributed by atoms with van der Waals surface area (Å²) in [5.41, 5.74) is 2.35. The van der Waals surface area contributed by atoms with Crippen molar-refractivity contribution in [3.63, 3.8) is 0 Å². The van der Waals surface area contributed by atoms with Gasteiger partial charge in [0.1, 0.15) is 17.2 Å². The zero-order chi connectivity index (χ0) is 14.8. The van der Waals surface area contributed by atoms with Crippen molar-refractivity contribution < 1.29 is 9.18 Å². The van der Waals surface area contributed by atoms with Crippen molar-refractivity contribution in [3.05, 3.63) is 65.9 Å². The molecule has 2 aromatic heterocycles. The smallest absolute Gasteiger partial charge is 0.274 e. The number of anilines is 1. The number of carbonyl (C=O) groups is 1. The highest BCUT2D eigenvalue weighted by molar-refractivity contribution is 6.04. The van der Waals surface area contributed by atoms with Crippen LogP contribution in [0.4, 0.5) is 10.1 Å². The first kappa shape index (κ1) is 13.3. The first-order valence-corrected chi connectivity index (χ1v) is 6.72. The lowest BCUT2D eigenvalue weighted by Crippen LogP contribution is -2.16. The minimum atomic E-state index is -0.387. The Morgan fingerprint density at radius 3 is 2.90 bits per heavy atom. The van der Waals surface area contributed by atoms with Gasteiger partial charge in [-0.15, -0.1) is 0 Å². The summed E-state index contributed by atoms with van der Waals surface area (Å²) >= 11 is 0. The van der Waals surface area contributed by atoms with E-state index in [0.29, 0.717) is 17.8 Å². The fourth-order valence-electron chi connectivity index (χ4n) is 2.29. The Bertz CT molecular complexity index is 810. The molecule has 0 unspecified atom stereocenters. The number of amides is 1. The highest BCUT2D eigenvalue weighted by Gasteiger charge is 2.18. The third-order valence-electron chi connectivity index (χ3n) is 3.23. The van der Waals surface area contributed by atoms with Crippen LogP contribution >= 0.6 is 0 Å². The summed E-state index contributed by atoms with van der Waals surface area (Å²) in [6.07, 6.45) is 2.44. The van der Waals surface area contributed by atoms with E-state index in [1.807, 2.05) is 25.1 Å². The van der Waals surface area contributed by atoms with Gasteiger partial charge in [0, 0.05) is 11.9 Å². The monoisotopic (exact) mass is 283 g/mol. The van der Waals surface area contributed by atoms with E-state index in [2.05, 4.69) is 10.3 Å². The Kier molecular flexibility index (Phi) is 3.39. The number of aromatic nitrogens is 2. The molecule has 0 fully saturated rings. The fraction of sp³-hybridized carbons (Fsp3) is 0.125. The lowest BCUT2D eigenvalue weighted by molar-refractivity contribution is 0.102. The molecule has 0 aliphatic heterocycles. The van der Waals surface area contributed by atoms with E-state index in [1.165, 1.54) is 12.1 Å². The number of carbonyl (C=O) groups excluding carboxylic acids is 1. The molecule has 0 bridgehead atoms. The van der Waals surface area contributed by atoms with Crippen LogP contribution in [-0.2, 0) is 6.42 Å². The number of imidazole rings is 1. The molecule has 1 N–H and O–H groups in total. The van der Waals surface area contributed by atoms with E-state index in [4.69, 9.17) is 0 Å². The highest BCUT2D eigenvalue weighted by atomic mass is 19.1. The van der Waals surface area contributed by atoms with Crippen LogP contribution < -0.4 is 5.32 Å². The number of halogens is 1. The Morgan fingerprint density at radius 2 is 2.14 bits per heavy atom. The molecule has 0 aliphatic rings. The Balaban J connectivity index is 2.01. The van der Waals surface area contributed by atoms with E-state index < -0.39 is 0 Å². The molecule has 0 aliphatic carbocycles. The average molecular weight is 283 g/mol. The lowest BCUT2D eigenvalue weighted by Gasteiger charge is -2.06. The van der Waals surface area contributed by atoms with Crippen LogP contribution in [0.25, 0.3) is 5.65 Å². The van der Waals surface area contributed by atoms with Gasteiger partial charge in [0.25, 0.3) is 5.91 Å². The summed E-state index contributed by atoms with van der Waals surface area (Å²) in [6.45, 7) is 1.95. The number of pyridine rings is 1. The maximum Gasteiger partial charge on any atom is 0.274 e. The predicted octanol–water partition coefficient (Wildman–Crippen LogP) is 3.29. The van der Waals surface area contributed by atoms with Crippen LogP contribution in [0.15, 0.2) is 48.7 Å². The van der Waals surface area contributed by atoms with Gasteiger partial charge >= 0.3 is 0 Å². The summed E-state index contributed by atoms with van der Waals surface area (Å²) < 4.78 is 14.9. The second-order valence-electron chi connectivity index (χ2n) is 4.65. The Labute approximate surface area is 121 Å². The normalized spacial score (nSPS) is 10.8. The molecule has 3 aromatic rings. The molecule has 0 saturated heterocycles. The first-order chi connectivity index (χ1) is 10.2. The van der Waals surface area contributed by atoms with Gasteiger partial charge in [0.2, 0.25) is 0 Å². The highest BCUT2D eigenvalue weighted by Crippen LogP contribution is 2.16. The quantitative estimate of drug-likeness (QED) is 0.801. The molecule has 106 valence electrons. The maximum atomic E-state index is 13.2. The number of rotatable bonds is 3. The van der Waals surface area contributed by atoms with Crippen LogP contribution in [-0.4, -0.2) is 15.3 Å². The van der Waals surface area contributed by atoms with Crippen LogP contribution in [0.5, 0.6) is 0 Å². The largest absolute Gasteiger partial charge is 0.321 e. The molecular weight excluding hydrogens is 269 g/mol. The summed E-state index contributed by atoms with van der Waals surface area (Å²) in [5, 5.41) is 2.71. The SMILES string of the molecule is CCc1nc2ccccn2c1C(=O)Nc1cccc(F)c1. The predicted molar refractivity (Wildman–Crippen MR) is 78.9 cm³/mol. The number of fused-ring (bicyclic) bond motifs is 1. The number of nitrogens with one attached hydrogen (secondary N) is 1. The second kappa shape index (κ2) is 5.36. The zero-order valence-electron chi connectivity index (χ0n) is 11.5. The third-order valence-corrected chi connectivity index (χ3v) is 3.23. The van der Waals surface area contributed by atoms with Crippen LogP contribution in [0.2, 0.25) is 0 Å². The molecule has 3 rings (SSSR count). The molecule has 1 amide bonds. The molecule has 0 spiro atoms. The molecule has 0 radical (unpaired) electrons. The van der Waals surface area contributed by atoms with Crippen LogP contribution in [0.1, 0.15) is 23.1 Å². The van der Waals surface area contributed by atoms with Crippen molar-refractivity contribution in [1.82, 2.24) is 9.38 Å². The fourth-order valence-corrected chi connectivity index (χ4v) is 2.29. The first-order valence-electron chi connectivity index (χ1n) is 6.72. The molecule has 4 nitrogen and oxygen atoms in total. The van der Waals surface area contributed by atoms with Crippen molar-refractivity contribution in [3.8, 4) is 0 Å². The van der Waals surface area contributed by atoms with Crippen LogP contribution in [0.3, 0.4) is 0 Å². The van der Waals surface area contributed by atoms with E-state index in [1.54, 1.807) is 22.7 Å². The van der Waals surface area contributed by atoms with Gasteiger partial charge < -0.3 is 5.32 Å². The van der Waals surface area contributed by atoms with Crippen LogP contribution in [0, 0.1) is 5.82 Å². The molecule has 0 atom stereocenters. The maximum absolute atomic E-state index is 13.2. The molecule has 2 heterocycles. The van der Waals surface area contributed by atoms with E-state index in [-0.39, 0.29) is 11.7 Å². The van der Waals surface area contributed by atoms with Crippen molar-refractivity contribution in [1.29, 1.82) is 0 Å². The minimum Gasteiger partial charge on any atom is -0.321 e. The molecule has 21 heavy (non-hydrogen) atoms. The average Bonchev–Trinajstić information content (AvgIpc) is 2.85. The van der Waals surface area contributed by atoms with Gasteiger partial charge in [-0.25, -0.2) is 9.37 Å².